The predicted molar refractivity (Wildman–Crippen MR) is 48.9 cm³/mol. The van der Waals surface area contributed by atoms with E-state index in [1.165, 1.54) is 12.1 Å². The maximum atomic E-state index is 12.1. The Morgan fingerprint density at radius 3 is 2.20 bits per heavy atom. The maximum Gasteiger partial charge on any atom is 0.416 e. The molecule has 0 amide bonds. The minimum atomic E-state index is -4.38. The van der Waals surface area contributed by atoms with Crippen molar-refractivity contribution in [2.75, 3.05) is 11.2 Å². The molecule has 1 aromatic rings. The summed E-state index contributed by atoms with van der Waals surface area (Å²) < 4.78 is 56.7. The van der Waals surface area contributed by atoms with Crippen LogP contribution < -0.4 is 5.32 Å². The summed E-state index contributed by atoms with van der Waals surface area (Å²) in [5, 5.41) is 2.44. The summed E-state index contributed by atoms with van der Waals surface area (Å²) in [6.45, 7) is 0. The third-order valence-corrected chi connectivity index (χ3v) is 1.99. The van der Waals surface area contributed by atoms with Crippen molar-refractivity contribution < 1.29 is 21.9 Å². The molecular formula is C8H7F3NO2S-. The highest BCUT2D eigenvalue weighted by Gasteiger charge is 2.29. The lowest BCUT2D eigenvalue weighted by Crippen LogP contribution is -2.08. The fourth-order valence-electron chi connectivity index (χ4n) is 0.919. The molecule has 0 aliphatic heterocycles. The summed E-state index contributed by atoms with van der Waals surface area (Å²) in [5.74, 6) is -0.328. The molecule has 0 saturated heterocycles. The molecule has 84 valence electrons. The normalized spacial score (nSPS) is 13.6. The fraction of sp³-hybridized carbons (Fsp3) is 0.250. The van der Waals surface area contributed by atoms with E-state index in [4.69, 9.17) is 0 Å². The summed E-state index contributed by atoms with van der Waals surface area (Å²) in [6.07, 6.45) is -4.38. The first kappa shape index (κ1) is 12.0. The molecule has 0 aliphatic carbocycles. The van der Waals surface area contributed by atoms with Crippen molar-refractivity contribution in [2.45, 2.75) is 6.18 Å². The van der Waals surface area contributed by atoms with Gasteiger partial charge in [0.1, 0.15) is 0 Å². The van der Waals surface area contributed by atoms with Crippen molar-refractivity contribution in [3.63, 3.8) is 0 Å². The first-order valence-corrected chi connectivity index (χ1v) is 5.11. The first-order chi connectivity index (χ1) is 6.89. The van der Waals surface area contributed by atoms with E-state index in [-0.39, 0.29) is 5.88 Å². The van der Waals surface area contributed by atoms with Crippen LogP contribution in [-0.4, -0.2) is 14.6 Å². The van der Waals surface area contributed by atoms with Gasteiger partial charge in [0.25, 0.3) is 0 Å². The predicted octanol–water partition coefficient (Wildman–Crippen LogP) is 1.95. The minimum absolute atomic E-state index is 0.326. The van der Waals surface area contributed by atoms with E-state index in [2.05, 4.69) is 5.32 Å². The van der Waals surface area contributed by atoms with Gasteiger partial charge in [-0.1, -0.05) is 0 Å². The molecule has 0 bridgehead atoms. The van der Waals surface area contributed by atoms with Gasteiger partial charge in [0.15, 0.2) is 0 Å². The Balaban J connectivity index is 2.69. The quantitative estimate of drug-likeness (QED) is 0.819. The Morgan fingerprint density at radius 2 is 1.80 bits per heavy atom. The van der Waals surface area contributed by atoms with Gasteiger partial charge in [-0.25, -0.2) is 0 Å². The molecule has 1 atom stereocenters. The third kappa shape index (κ3) is 3.88. The molecule has 3 nitrogen and oxygen atoms in total. The van der Waals surface area contributed by atoms with E-state index < -0.39 is 22.8 Å². The van der Waals surface area contributed by atoms with Gasteiger partial charge in [0.05, 0.1) is 11.4 Å². The van der Waals surface area contributed by atoms with Crippen LogP contribution in [0, 0.1) is 0 Å². The molecule has 1 unspecified atom stereocenters. The average Bonchev–Trinajstić information content (AvgIpc) is 2.14. The lowest BCUT2D eigenvalue weighted by atomic mass is 10.2. The van der Waals surface area contributed by atoms with Gasteiger partial charge < -0.3 is 9.87 Å². The van der Waals surface area contributed by atoms with E-state index in [1.54, 1.807) is 0 Å². The van der Waals surface area contributed by atoms with Crippen molar-refractivity contribution in [2.24, 2.45) is 0 Å². The van der Waals surface area contributed by atoms with Crippen LogP contribution in [0.1, 0.15) is 5.56 Å². The summed E-state index contributed by atoms with van der Waals surface area (Å²) in [4.78, 5) is 0. The van der Waals surface area contributed by atoms with Gasteiger partial charge >= 0.3 is 6.18 Å². The van der Waals surface area contributed by atoms with Crippen molar-refractivity contribution in [3.05, 3.63) is 29.8 Å². The van der Waals surface area contributed by atoms with Gasteiger partial charge in [-0.2, -0.15) is 13.2 Å². The zero-order valence-electron chi connectivity index (χ0n) is 7.38. The molecule has 0 fully saturated rings. The van der Waals surface area contributed by atoms with Crippen LogP contribution in [0.2, 0.25) is 0 Å². The van der Waals surface area contributed by atoms with Crippen molar-refractivity contribution in [1.82, 2.24) is 0 Å². The Hall–Kier alpha value is -1.08. The van der Waals surface area contributed by atoms with Gasteiger partial charge in [0.2, 0.25) is 0 Å². The standard InChI is InChI=1S/C8H8F3NO2S/c9-8(10,11)6-1-3-7(4-2-6)12-5-15(13)14/h1-4,12H,5H2,(H,13,14)/p-1. The smallest absolute Gasteiger partial charge is 0.416 e. The van der Waals surface area contributed by atoms with Crippen LogP contribution in [0.5, 0.6) is 0 Å². The molecule has 0 aromatic heterocycles. The van der Waals surface area contributed by atoms with Gasteiger partial charge in [-0.15, -0.1) is 0 Å². The van der Waals surface area contributed by atoms with Crippen LogP contribution in [0.4, 0.5) is 18.9 Å². The minimum Gasteiger partial charge on any atom is -0.771 e. The van der Waals surface area contributed by atoms with Gasteiger partial charge in [-0.05, 0) is 35.3 Å². The topological polar surface area (TPSA) is 52.2 Å². The van der Waals surface area contributed by atoms with E-state index >= 15 is 0 Å². The molecule has 0 radical (unpaired) electrons. The summed E-state index contributed by atoms with van der Waals surface area (Å²) >= 11 is -2.27. The summed E-state index contributed by atoms with van der Waals surface area (Å²) in [6, 6.07) is 4.12. The number of hydrogen-bond donors (Lipinski definition) is 1. The second kappa shape index (κ2) is 4.63. The molecular weight excluding hydrogens is 231 g/mol. The molecule has 7 heteroatoms. The largest absolute Gasteiger partial charge is 0.771 e. The van der Waals surface area contributed by atoms with Crippen LogP contribution in [-0.2, 0) is 17.3 Å². The SMILES string of the molecule is O=S([O-])CNc1ccc(C(F)(F)F)cc1. The molecule has 15 heavy (non-hydrogen) atoms. The fourth-order valence-corrected chi connectivity index (χ4v) is 1.20. The summed E-state index contributed by atoms with van der Waals surface area (Å²) in [7, 11) is 0. The van der Waals surface area contributed by atoms with E-state index in [1.807, 2.05) is 0 Å². The van der Waals surface area contributed by atoms with Crippen LogP contribution in [0.3, 0.4) is 0 Å². The number of nitrogens with one attached hydrogen (secondary N) is 1. The lowest BCUT2D eigenvalue weighted by Gasteiger charge is -2.10. The van der Waals surface area contributed by atoms with Crippen LogP contribution in [0.25, 0.3) is 0 Å². The molecule has 0 spiro atoms. The number of hydrogen-bond acceptors (Lipinski definition) is 3. The second-order valence-electron chi connectivity index (χ2n) is 2.70. The van der Waals surface area contributed by atoms with Crippen molar-refractivity contribution in [3.8, 4) is 0 Å². The number of benzene rings is 1. The van der Waals surface area contributed by atoms with Crippen LogP contribution in [0.15, 0.2) is 24.3 Å². The zero-order valence-corrected chi connectivity index (χ0v) is 8.19. The second-order valence-corrected chi connectivity index (χ2v) is 3.60. The van der Waals surface area contributed by atoms with Gasteiger partial charge in [0, 0.05) is 5.69 Å². The first-order valence-electron chi connectivity index (χ1n) is 3.86. The lowest BCUT2D eigenvalue weighted by molar-refractivity contribution is -0.137. The average molecular weight is 238 g/mol. The van der Waals surface area contributed by atoms with Crippen molar-refractivity contribution in [1.29, 1.82) is 0 Å². The molecule has 0 saturated carbocycles. The highest BCUT2D eigenvalue weighted by molar-refractivity contribution is 7.79. The molecule has 0 heterocycles. The monoisotopic (exact) mass is 238 g/mol. The highest BCUT2D eigenvalue weighted by atomic mass is 32.2. The van der Waals surface area contributed by atoms with Crippen LogP contribution >= 0.6 is 0 Å². The van der Waals surface area contributed by atoms with E-state index in [0.717, 1.165) is 12.1 Å². The number of alkyl halides is 3. The summed E-state index contributed by atoms with van der Waals surface area (Å²) in [5.41, 5.74) is -0.441. The highest BCUT2D eigenvalue weighted by Crippen LogP contribution is 2.29. The number of anilines is 1. The maximum absolute atomic E-state index is 12.1. The zero-order chi connectivity index (χ0) is 11.5. The Kier molecular flexibility index (Phi) is 3.70. The number of halogens is 3. The molecule has 1 N–H and O–H groups in total. The van der Waals surface area contributed by atoms with E-state index in [0.29, 0.717) is 5.69 Å². The Bertz CT molecular complexity index is 350. The third-order valence-electron chi connectivity index (χ3n) is 1.61. The Morgan fingerprint density at radius 1 is 1.27 bits per heavy atom. The van der Waals surface area contributed by atoms with E-state index in [9.17, 15) is 21.9 Å². The molecule has 1 rings (SSSR count). The van der Waals surface area contributed by atoms with Crippen molar-refractivity contribution >= 4 is 16.8 Å². The Labute approximate surface area is 86.6 Å². The molecule has 1 aromatic carbocycles. The van der Waals surface area contributed by atoms with Gasteiger partial charge in [-0.3, -0.25) is 4.21 Å². The molecule has 0 aliphatic rings. The number of rotatable bonds is 3.